The van der Waals surface area contributed by atoms with Crippen molar-refractivity contribution >= 4 is 5.97 Å². The van der Waals surface area contributed by atoms with Crippen LogP contribution in [0.15, 0.2) is 42.5 Å². The molecule has 2 aromatic rings. The molecule has 2 saturated heterocycles. The monoisotopic (exact) mass is 428 g/mol. The summed E-state index contributed by atoms with van der Waals surface area (Å²) in [5.41, 5.74) is 0.889. The normalized spacial score (nSPS) is 31.4. The minimum Gasteiger partial charge on any atom is -0.481 e. The molecule has 4 fully saturated rings. The molecule has 4 aliphatic rings. The zero-order chi connectivity index (χ0) is 21.6. The van der Waals surface area contributed by atoms with Gasteiger partial charge in [-0.25, -0.2) is 8.78 Å². The number of carbonyl (C=O) groups is 1. The van der Waals surface area contributed by atoms with Crippen LogP contribution in [0.5, 0.6) is 11.5 Å². The second-order valence-corrected chi connectivity index (χ2v) is 9.47. The lowest BCUT2D eigenvalue weighted by molar-refractivity contribution is -0.192. The van der Waals surface area contributed by atoms with Crippen LogP contribution in [0, 0.1) is 28.9 Å². The van der Waals surface area contributed by atoms with Crippen LogP contribution in [0.25, 0.3) is 0 Å². The summed E-state index contributed by atoms with van der Waals surface area (Å²) < 4.78 is 38.8. The third-order valence-corrected chi connectivity index (χ3v) is 7.55. The van der Waals surface area contributed by atoms with Crippen molar-refractivity contribution in [3.8, 4) is 11.5 Å². The summed E-state index contributed by atoms with van der Waals surface area (Å²) in [5, 5.41) is 9.12. The smallest absolute Gasteiger partial charge is 0.306 e. The Hall–Kier alpha value is -2.47. The Morgan fingerprint density at radius 2 is 1.84 bits per heavy atom. The number of hydrogen-bond acceptors (Lipinski definition) is 3. The van der Waals surface area contributed by atoms with E-state index in [1.54, 1.807) is 6.07 Å². The number of aliphatic carboxylic acids is 1. The van der Waals surface area contributed by atoms with E-state index in [1.807, 2.05) is 18.2 Å². The first kappa shape index (κ1) is 20.4. The maximum absolute atomic E-state index is 13.5. The van der Waals surface area contributed by atoms with Gasteiger partial charge in [-0.1, -0.05) is 12.1 Å². The van der Waals surface area contributed by atoms with Gasteiger partial charge in [-0.3, -0.25) is 4.79 Å². The van der Waals surface area contributed by atoms with E-state index in [9.17, 15) is 13.6 Å². The summed E-state index contributed by atoms with van der Waals surface area (Å²) in [4.78, 5) is 11.1. The number of hydrogen-bond donors (Lipinski definition) is 1. The fourth-order valence-electron chi connectivity index (χ4n) is 5.34. The molecule has 2 saturated carbocycles. The Labute approximate surface area is 180 Å². The first-order valence-electron chi connectivity index (χ1n) is 11.0. The summed E-state index contributed by atoms with van der Waals surface area (Å²) in [6.45, 7) is 0.700. The van der Waals surface area contributed by atoms with E-state index in [4.69, 9.17) is 14.6 Å². The van der Waals surface area contributed by atoms with Crippen LogP contribution in [0.3, 0.4) is 0 Å². The van der Waals surface area contributed by atoms with Crippen LogP contribution in [-0.4, -0.2) is 17.7 Å². The molecule has 6 heteroatoms. The molecule has 31 heavy (non-hydrogen) atoms. The molecule has 164 valence electrons. The highest BCUT2D eigenvalue weighted by atomic mass is 19.2. The topological polar surface area (TPSA) is 55.8 Å². The third kappa shape index (κ3) is 3.93. The average molecular weight is 428 g/mol. The van der Waals surface area contributed by atoms with Crippen molar-refractivity contribution in [3.63, 3.8) is 0 Å². The fraction of sp³-hybridized carbons (Fsp3) is 0.480. The summed E-state index contributed by atoms with van der Waals surface area (Å²) in [6.07, 6.45) is 6.84. The van der Waals surface area contributed by atoms with E-state index in [1.165, 1.54) is 6.07 Å². The first-order valence-corrected chi connectivity index (χ1v) is 11.0. The predicted molar refractivity (Wildman–Crippen MR) is 110 cm³/mol. The average Bonchev–Trinajstić information content (AvgIpc) is 3.57. The van der Waals surface area contributed by atoms with Crippen LogP contribution >= 0.6 is 0 Å². The van der Waals surface area contributed by atoms with E-state index in [0.717, 1.165) is 62.6 Å². The predicted octanol–water partition coefficient (Wildman–Crippen LogP) is 6.04. The molecular formula is C25H26F2O4. The maximum atomic E-state index is 13.5. The molecule has 1 unspecified atom stereocenters. The Morgan fingerprint density at radius 1 is 1.06 bits per heavy atom. The Balaban J connectivity index is 1.24. The van der Waals surface area contributed by atoms with Gasteiger partial charge in [-0.15, -0.1) is 0 Å². The SMILES string of the molecule is O=C(O)C1C[C@H]1CCC12CCC(c3cccc(Oc4ccc(F)c(F)c4)c3)(CC1)OC2. The van der Waals surface area contributed by atoms with Gasteiger partial charge in [0.05, 0.1) is 18.1 Å². The molecule has 2 aliphatic heterocycles. The maximum Gasteiger partial charge on any atom is 0.306 e. The molecule has 2 bridgehead atoms. The van der Waals surface area contributed by atoms with Crippen LogP contribution in [0.1, 0.15) is 50.5 Å². The Bertz CT molecular complexity index is 980. The number of carboxylic acid groups (broad SMARTS) is 1. The van der Waals surface area contributed by atoms with E-state index >= 15 is 0 Å². The molecule has 2 aromatic carbocycles. The second-order valence-electron chi connectivity index (χ2n) is 9.47. The van der Waals surface area contributed by atoms with Gasteiger partial charge in [0.2, 0.25) is 0 Å². The van der Waals surface area contributed by atoms with Crippen LogP contribution in [-0.2, 0) is 15.1 Å². The fourth-order valence-corrected chi connectivity index (χ4v) is 5.34. The quantitative estimate of drug-likeness (QED) is 0.584. The van der Waals surface area contributed by atoms with Gasteiger partial charge in [0.1, 0.15) is 11.5 Å². The number of benzene rings is 2. The standard InChI is InChI=1S/C25H26F2O4/c26-21-5-4-19(14-22(21)27)31-18-3-1-2-17(13-18)25-10-8-24(9-11-25,15-30-25)7-6-16-12-20(16)23(28)29/h1-5,13-14,16,20H,6-12,15H2,(H,28,29)/t16-,20?,24?,25?/m1/s1. The molecule has 0 amide bonds. The second kappa shape index (κ2) is 7.59. The number of halogens is 2. The number of fused-ring (bicyclic) bond motifs is 3. The van der Waals surface area contributed by atoms with Gasteiger partial charge in [-0.2, -0.15) is 0 Å². The summed E-state index contributed by atoms with van der Waals surface area (Å²) in [5.74, 6) is -1.48. The largest absolute Gasteiger partial charge is 0.481 e. The highest BCUT2D eigenvalue weighted by molar-refractivity contribution is 5.73. The van der Waals surface area contributed by atoms with Gasteiger partial charge in [-0.05, 0) is 86.1 Å². The molecular weight excluding hydrogens is 402 g/mol. The van der Waals surface area contributed by atoms with Crippen LogP contribution < -0.4 is 4.74 Å². The molecule has 6 rings (SSSR count). The van der Waals surface area contributed by atoms with Gasteiger partial charge < -0.3 is 14.6 Å². The molecule has 2 aliphatic carbocycles. The molecule has 0 radical (unpaired) electrons. The number of ether oxygens (including phenoxy) is 2. The van der Waals surface area contributed by atoms with Crippen molar-refractivity contribution in [1.29, 1.82) is 0 Å². The third-order valence-electron chi connectivity index (χ3n) is 7.55. The van der Waals surface area contributed by atoms with E-state index < -0.39 is 17.6 Å². The van der Waals surface area contributed by atoms with Crippen molar-refractivity contribution < 1.29 is 28.2 Å². The van der Waals surface area contributed by atoms with Crippen molar-refractivity contribution in [2.45, 2.75) is 50.5 Å². The highest BCUT2D eigenvalue weighted by Gasteiger charge is 2.52. The lowest BCUT2D eigenvalue weighted by atomic mass is 9.62. The molecule has 0 spiro atoms. The summed E-state index contributed by atoms with van der Waals surface area (Å²) >= 11 is 0. The minimum absolute atomic E-state index is 0.138. The highest BCUT2D eigenvalue weighted by Crippen LogP contribution is 2.57. The van der Waals surface area contributed by atoms with Gasteiger partial charge in [0.25, 0.3) is 0 Å². The summed E-state index contributed by atoms with van der Waals surface area (Å²) in [6, 6.07) is 11.2. The Morgan fingerprint density at radius 3 is 2.48 bits per heavy atom. The van der Waals surface area contributed by atoms with Gasteiger partial charge >= 0.3 is 5.97 Å². The van der Waals surface area contributed by atoms with Crippen molar-refractivity contribution in [3.05, 3.63) is 59.7 Å². The van der Waals surface area contributed by atoms with E-state index in [0.29, 0.717) is 18.3 Å². The zero-order valence-electron chi connectivity index (χ0n) is 17.3. The number of carboxylic acids is 1. The molecule has 1 N–H and O–H groups in total. The van der Waals surface area contributed by atoms with Crippen molar-refractivity contribution in [2.75, 3.05) is 6.61 Å². The van der Waals surface area contributed by atoms with Crippen molar-refractivity contribution in [1.82, 2.24) is 0 Å². The first-order chi connectivity index (χ1) is 14.9. The molecule has 2 atom stereocenters. The molecule has 4 nitrogen and oxygen atoms in total. The van der Waals surface area contributed by atoms with Gasteiger partial charge in [0, 0.05) is 6.07 Å². The van der Waals surface area contributed by atoms with Crippen LogP contribution in [0.4, 0.5) is 8.78 Å². The van der Waals surface area contributed by atoms with E-state index in [-0.39, 0.29) is 22.7 Å². The van der Waals surface area contributed by atoms with Crippen LogP contribution in [0.2, 0.25) is 0 Å². The van der Waals surface area contributed by atoms with Crippen molar-refractivity contribution in [2.24, 2.45) is 17.3 Å². The lowest BCUT2D eigenvalue weighted by Crippen LogP contribution is -2.49. The van der Waals surface area contributed by atoms with E-state index in [2.05, 4.69) is 0 Å². The minimum atomic E-state index is -0.938. The number of rotatable bonds is 7. The zero-order valence-corrected chi connectivity index (χ0v) is 17.3. The molecule has 0 aromatic heterocycles. The summed E-state index contributed by atoms with van der Waals surface area (Å²) in [7, 11) is 0. The lowest BCUT2D eigenvalue weighted by Gasteiger charge is -2.53. The Kier molecular flexibility index (Phi) is 5.00. The molecule has 2 heterocycles. The van der Waals surface area contributed by atoms with Gasteiger partial charge in [0.15, 0.2) is 11.6 Å².